The van der Waals surface area contributed by atoms with Gasteiger partial charge in [0.2, 0.25) is 11.7 Å². The zero-order valence-corrected chi connectivity index (χ0v) is 11.8. The lowest BCUT2D eigenvalue weighted by atomic mass is 10.0. The van der Waals surface area contributed by atoms with Crippen LogP contribution in [-0.2, 0) is 6.54 Å². The van der Waals surface area contributed by atoms with Gasteiger partial charge in [0.15, 0.2) is 0 Å². The van der Waals surface area contributed by atoms with Crippen LogP contribution in [0.15, 0.2) is 28.8 Å². The Kier molecular flexibility index (Phi) is 4.26. The van der Waals surface area contributed by atoms with Crippen LogP contribution in [0.4, 0.5) is 4.39 Å². The van der Waals surface area contributed by atoms with Crippen LogP contribution in [0.25, 0.3) is 11.4 Å². The molecule has 1 fully saturated rings. The van der Waals surface area contributed by atoms with Crippen molar-refractivity contribution in [2.75, 3.05) is 13.1 Å². The molecule has 1 aliphatic rings. The number of nitrogens with two attached hydrogens (primary N) is 1. The van der Waals surface area contributed by atoms with Gasteiger partial charge in [0, 0.05) is 18.2 Å². The number of likely N-dealkylation sites (tertiary alicyclic amines) is 1. The lowest BCUT2D eigenvalue weighted by Gasteiger charge is -2.33. The van der Waals surface area contributed by atoms with Gasteiger partial charge >= 0.3 is 0 Å². The average molecular weight is 290 g/mol. The highest BCUT2D eigenvalue weighted by molar-refractivity contribution is 5.53. The van der Waals surface area contributed by atoms with Gasteiger partial charge in [-0.15, -0.1) is 0 Å². The topological polar surface area (TPSA) is 68.2 Å². The number of hydrogen-bond donors (Lipinski definition) is 1. The van der Waals surface area contributed by atoms with E-state index in [1.54, 1.807) is 12.1 Å². The molecule has 1 atom stereocenters. The van der Waals surface area contributed by atoms with E-state index < -0.39 is 0 Å². The van der Waals surface area contributed by atoms with Crippen LogP contribution in [0.2, 0.25) is 0 Å². The first-order valence-corrected chi connectivity index (χ1v) is 7.29. The van der Waals surface area contributed by atoms with E-state index in [9.17, 15) is 4.39 Å². The molecule has 6 heteroatoms. The fourth-order valence-corrected chi connectivity index (χ4v) is 2.74. The molecular formula is C15H19FN4O. The summed E-state index contributed by atoms with van der Waals surface area (Å²) in [6.45, 7) is 2.28. The molecular weight excluding hydrogens is 271 g/mol. The van der Waals surface area contributed by atoms with Crippen molar-refractivity contribution >= 4 is 0 Å². The number of nitrogens with zero attached hydrogens (tertiary/aromatic N) is 3. The summed E-state index contributed by atoms with van der Waals surface area (Å²) in [5, 5.41) is 3.97. The van der Waals surface area contributed by atoms with Gasteiger partial charge in [0.05, 0.1) is 6.54 Å². The Labute approximate surface area is 122 Å². The van der Waals surface area contributed by atoms with Gasteiger partial charge in [-0.25, -0.2) is 4.39 Å². The van der Waals surface area contributed by atoms with Gasteiger partial charge in [-0.3, -0.25) is 4.90 Å². The first-order chi connectivity index (χ1) is 10.3. The lowest BCUT2D eigenvalue weighted by Crippen LogP contribution is -2.43. The summed E-state index contributed by atoms with van der Waals surface area (Å²) in [6, 6.07) is 6.46. The smallest absolute Gasteiger partial charge is 0.241 e. The predicted molar refractivity (Wildman–Crippen MR) is 76.8 cm³/mol. The SMILES string of the molecule is NCC1CCCCN1Cc1nc(-c2ccc(F)cc2)no1. The predicted octanol–water partition coefficient (Wildman–Crippen LogP) is 2.19. The number of hydrogen-bond acceptors (Lipinski definition) is 5. The van der Waals surface area contributed by atoms with E-state index in [0.29, 0.717) is 30.8 Å². The summed E-state index contributed by atoms with van der Waals surface area (Å²) in [7, 11) is 0. The molecule has 0 aliphatic carbocycles. The minimum Gasteiger partial charge on any atom is -0.338 e. The van der Waals surface area contributed by atoms with Crippen molar-refractivity contribution in [3.05, 3.63) is 36.0 Å². The van der Waals surface area contributed by atoms with E-state index in [2.05, 4.69) is 15.0 Å². The molecule has 21 heavy (non-hydrogen) atoms. The summed E-state index contributed by atoms with van der Waals surface area (Å²) in [6.07, 6.45) is 3.52. The number of piperidine rings is 1. The first kappa shape index (κ1) is 14.2. The largest absolute Gasteiger partial charge is 0.338 e. The maximum absolute atomic E-state index is 12.9. The Morgan fingerprint density at radius 2 is 2.10 bits per heavy atom. The first-order valence-electron chi connectivity index (χ1n) is 7.29. The maximum Gasteiger partial charge on any atom is 0.241 e. The normalized spacial score (nSPS) is 19.8. The molecule has 1 saturated heterocycles. The average Bonchev–Trinajstić information content (AvgIpc) is 2.97. The van der Waals surface area contributed by atoms with E-state index in [0.717, 1.165) is 18.5 Å². The Morgan fingerprint density at radius 1 is 1.29 bits per heavy atom. The highest BCUT2D eigenvalue weighted by Crippen LogP contribution is 2.20. The van der Waals surface area contributed by atoms with E-state index in [-0.39, 0.29) is 5.82 Å². The Hall–Kier alpha value is -1.79. The second kappa shape index (κ2) is 6.32. The lowest BCUT2D eigenvalue weighted by molar-refractivity contribution is 0.128. The fourth-order valence-electron chi connectivity index (χ4n) is 2.74. The minimum absolute atomic E-state index is 0.276. The van der Waals surface area contributed by atoms with Crippen LogP contribution in [-0.4, -0.2) is 34.2 Å². The summed E-state index contributed by atoms with van der Waals surface area (Å²) in [5.41, 5.74) is 6.56. The van der Waals surface area contributed by atoms with Gasteiger partial charge in [-0.05, 0) is 43.7 Å². The van der Waals surface area contributed by atoms with Crippen molar-refractivity contribution in [1.82, 2.24) is 15.0 Å². The zero-order valence-electron chi connectivity index (χ0n) is 11.8. The molecule has 1 aromatic heterocycles. The standard InChI is InChI=1S/C15H19FN4O/c16-12-6-4-11(5-7-12)15-18-14(21-19-15)10-20-8-2-1-3-13(20)9-17/h4-7,13H,1-3,8-10,17H2. The molecule has 2 N–H and O–H groups in total. The van der Waals surface area contributed by atoms with Gasteiger partial charge in [0.1, 0.15) is 5.82 Å². The zero-order chi connectivity index (χ0) is 14.7. The second-order valence-electron chi connectivity index (χ2n) is 5.37. The molecule has 112 valence electrons. The number of aromatic nitrogens is 2. The van der Waals surface area contributed by atoms with E-state index in [1.807, 2.05) is 0 Å². The molecule has 3 rings (SSSR count). The highest BCUT2D eigenvalue weighted by Gasteiger charge is 2.23. The summed E-state index contributed by atoms with van der Waals surface area (Å²) < 4.78 is 18.2. The Morgan fingerprint density at radius 3 is 2.86 bits per heavy atom. The van der Waals surface area contributed by atoms with Crippen LogP contribution >= 0.6 is 0 Å². The van der Waals surface area contributed by atoms with Crippen LogP contribution in [0, 0.1) is 5.82 Å². The molecule has 2 aromatic rings. The van der Waals surface area contributed by atoms with Crippen molar-refractivity contribution in [3.8, 4) is 11.4 Å². The molecule has 0 amide bonds. The molecule has 0 bridgehead atoms. The van der Waals surface area contributed by atoms with Gasteiger partial charge in [-0.2, -0.15) is 4.98 Å². The third-order valence-corrected chi connectivity index (χ3v) is 3.93. The van der Waals surface area contributed by atoms with Crippen LogP contribution in [0.1, 0.15) is 25.2 Å². The van der Waals surface area contributed by atoms with Crippen molar-refractivity contribution in [1.29, 1.82) is 0 Å². The molecule has 1 unspecified atom stereocenters. The molecule has 5 nitrogen and oxygen atoms in total. The van der Waals surface area contributed by atoms with Crippen molar-refractivity contribution < 1.29 is 8.91 Å². The molecule has 1 aromatic carbocycles. The third kappa shape index (κ3) is 3.28. The van der Waals surface area contributed by atoms with Crippen molar-refractivity contribution in [2.24, 2.45) is 5.73 Å². The Bertz CT molecular complexity index is 584. The monoisotopic (exact) mass is 290 g/mol. The second-order valence-corrected chi connectivity index (χ2v) is 5.37. The third-order valence-electron chi connectivity index (χ3n) is 3.93. The van der Waals surface area contributed by atoms with Crippen LogP contribution < -0.4 is 5.73 Å². The summed E-state index contributed by atoms with van der Waals surface area (Å²) in [5.74, 6) is 0.794. The maximum atomic E-state index is 12.9. The molecule has 0 radical (unpaired) electrons. The highest BCUT2D eigenvalue weighted by atomic mass is 19.1. The van der Waals surface area contributed by atoms with Crippen LogP contribution in [0.3, 0.4) is 0 Å². The van der Waals surface area contributed by atoms with Gasteiger partial charge < -0.3 is 10.3 Å². The van der Waals surface area contributed by atoms with E-state index in [1.165, 1.54) is 25.0 Å². The van der Waals surface area contributed by atoms with E-state index in [4.69, 9.17) is 10.3 Å². The van der Waals surface area contributed by atoms with E-state index >= 15 is 0 Å². The van der Waals surface area contributed by atoms with Crippen molar-refractivity contribution in [2.45, 2.75) is 31.8 Å². The summed E-state index contributed by atoms with van der Waals surface area (Å²) in [4.78, 5) is 6.69. The quantitative estimate of drug-likeness (QED) is 0.934. The molecule has 0 saturated carbocycles. The number of halogens is 1. The summed E-state index contributed by atoms with van der Waals surface area (Å²) >= 11 is 0. The number of rotatable bonds is 4. The van der Waals surface area contributed by atoms with Crippen LogP contribution in [0.5, 0.6) is 0 Å². The number of benzene rings is 1. The minimum atomic E-state index is -0.276. The van der Waals surface area contributed by atoms with Gasteiger partial charge in [-0.1, -0.05) is 11.6 Å². The Balaban J connectivity index is 1.71. The molecule has 0 spiro atoms. The molecule has 1 aliphatic heterocycles. The van der Waals surface area contributed by atoms with Crippen molar-refractivity contribution in [3.63, 3.8) is 0 Å². The molecule has 2 heterocycles. The van der Waals surface area contributed by atoms with Gasteiger partial charge in [0.25, 0.3) is 0 Å². The fraction of sp³-hybridized carbons (Fsp3) is 0.467.